The van der Waals surface area contributed by atoms with E-state index >= 15 is 0 Å². The molecule has 0 aromatic heterocycles. The lowest BCUT2D eigenvalue weighted by atomic mass is 10.1. The van der Waals surface area contributed by atoms with Gasteiger partial charge >= 0.3 is 5.97 Å². The van der Waals surface area contributed by atoms with Gasteiger partial charge in [0.2, 0.25) is 0 Å². The molecule has 0 saturated heterocycles. The highest BCUT2D eigenvalue weighted by atomic mass is 16.4. The Morgan fingerprint density at radius 2 is 1.65 bits per heavy atom. The van der Waals surface area contributed by atoms with Gasteiger partial charge in [-0.05, 0) is 38.5 Å². The predicted molar refractivity (Wildman–Crippen MR) is 97.4 cm³/mol. The molecule has 1 unspecified atom stereocenters. The van der Waals surface area contributed by atoms with E-state index in [9.17, 15) is 9.90 Å². The lowest BCUT2D eigenvalue weighted by Gasteiger charge is -2.02. The molecule has 1 atom stereocenters. The Kier molecular flexibility index (Phi) is 15.6. The van der Waals surface area contributed by atoms with Crippen molar-refractivity contribution in [3.63, 3.8) is 0 Å². The van der Waals surface area contributed by atoms with Gasteiger partial charge < -0.3 is 10.2 Å². The van der Waals surface area contributed by atoms with Crippen LogP contribution in [0.25, 0.3) is 0 Å². The predicted octanol–water partition coefficient (Wildman–Crippen LogP) is 5.19. The first-order chi connectivity index (χ1) is 11.2. The van der Waals surface area contributed by atoms with Crippen LogP contribution in [0, 0.1) is 0 Å². The van der Waals surface area contributed by atoms with Crippen molar-refractivity contribution in [3.05, 3.63) is 48.6 Å². The highest BCUT2D eigenvalue weighted by Crippen LogP contribution is 2.03. The molecule has 0 aliphatic carbocycles. The summed E-state index contributed by atoms with van der Waals surface area (Å²) in [7, 11) is 0. The topological polar surface area (TPSA) is 57.5 Å². The summed E-state index contributed by atoms with van der Waals surface area (Å²) in [4.78, 5) is 10.3. The first kappa shape index (κ1) is 21.4. The normalized spacial score (nSPS) is 13.8. The third-order valence-electron chi connectivity index (χ3n) is 3.32. The van der Waals surface area contributed by atoms with Crippen molar-refractivity contribution in [2.45, 2.75) is 70.8 Å². The summed E-state index contributed by atoms with van der Waals surface area (Å²) in [6.07, 6.45) is 23.6. The van der Waals surface area contributed by atoms with E-state index < -0.39 is 12.1 Å². The number of carboxylic acid groups (broad SMARTS) is 1. The summed E-state index contributed by atoms with van der Waals surface area (Å²) in [6.45, 7) is 2.22. The number of hydrogen-bond acceptors (Lipinski definition) is 2. The van der Waals surface area contributed by atoms with Crippen molar-refractivity contribution in [2.24, 2.45) is 0 Å². The van der Waals surface area contributed by atoms with E-state index in [0.717, 1.165) is 12.8 Å². The van der Waals surface area contributed by atoms with E-state index in [1.54, 1.807) is 6.08 Å². The Morgan fingerprint density at radius 1 is 0.957 bits per heavy atom. The van der Waals surface area contributed by atoms with E-state index in [4.69, 9.17) is 5.11 Å². The number of rotatable bonds is 14. The molecule has 3 heteroatoms. The van der Waals surface area contributed by atoms with Crippen LogP contribution >= 0.6 is 0 Å². The fraction of sp³-hybridized carbons (Fsp3) is 0.550. The summed E-state index contributed by atoms with van der Waals surface area (Å²) in [5, 5.41) is 18.1. The molecule has 0 heterocycles. The summed E-state index contributed by atoms with van der Waals surface area (Å²) < 4.78 is 0. The Bertz CT molecular complexity index is 392. The summed E-state index contributed by atoms with van der Waals surface area (Å²) in [5.74, 6) is -0.816. The molecule has 130 valence electrons. The van der Waals surface area contributed by atoms with E-state index in [1.165, 1.54) is 25.7 Å². The van der Waals surface area contributed by atoms with Gasteiger partial charge in [0.25, 0.3) is 0 Å². The smallest absolute Gasteiger partial charge is 0.303 e. The van der Waals surface area contributed by atoms with Crippen molar-refractivity contribution in [3.8, 4) is 0 Å². The van der Waals surface area contributed by atoms with Gasteiger partial charge in [-0.15, -0.1) is 0 Å². The zero-order valence-corrected chi connectivity index (χ0v) is 14.4. The Balaban J connectivity index is 3.59. The number of hydrogen-bond donors (Lipinski definition) is 2. The molecule has 0 aromatic carbocycles. The molecule has 23 heavy (non-hydrogen) atoms. The molecule has 3 nitrogen and oxygen atoms in total. The number of carbonyl (C=O) groups is 1. The molecule has 0 aliphatic rings. The van der Waals surface area contributed by atoms with Crippen LogP contribution in [0.3, 0.4) is 0 Å². The van der Waals surface area contributed by atoms with Gasteiger partial charge in [-0.25, -0.2) is 0 Å². The first-order valence-electron chi connectivity index (χ1n) is 8.70. The second-order valence-electron chi connectivity index (χ2n) is 5.58. The van der Waals surface area contributed by atoms with Gasteiger partial charge in [0.15, 0.2) is 0 Å². The lowest BCUT2D eigenvalue weighted by Crippen LogP contribution is -2.03. The van der Waals surface area contributed by atoms with Crippen LogP contribution in [0.15, 0.2) is 48.6 Å². The molecule has 2 N–H and O–H groups in total. The van der Waals surface area contributed by atoms with Gasteiger partial charge in [-0.2, -0.15) is 0 Å². The van der Waals surface area contributed by atoms with Crippen molar-refractivity contribution >= 4 is 5.97 Å². The van der Waals surface area contributed by atoms with Crippen LogP contribution in [0.4, 0.5) is 0 Å². The SMILES string of the molecule is CCCCC/C=C\C/C=C\C/C=C\C=C/C(O)CCCC(=O)O. The monoisotopic (exact) mass is 320 g/mol. The maximum absolute atomic E-state index is 10.3. The number of allylic oxidation sites excluding steroid dienone is 7. The van der Waals surface area contributed by atoms with Gasteiger partial charge in [0, 0.05) is 6.42 Å². The van der Waals surface area contributed by atoms with E-state index in [1.807, 2.05) is 18.2 Å². The average molecular weight is 320 g/mol. The number of carboxylic acids is 1. The molecule has 0 amide bonds. The van der Waals surface area contributed by atoms with Crippen LogP contribution in [-0.4, -0.2) is 22.3 Å². The minimum Gasteiger partial charge on any atom is -0.481 e. The van der Waals surface area contributed by atoms with Gasteiger partial charge in [-0.3, -0.25) is 4.79 Å². The standard InChI is InChI=1S/C20H32O3/c1-2-3-4-5-6-7-8-9-10-11-12-13-14-16-19(21)17-15-18-20(22)23/h6-7,9-10,12-14,16,19,21H,2-5,8,11,15,17-18H2,1H3,(H,22,23)/b7-6-,10-9-,13-12-,16-14-. The van der Waals surface area contributed by atoms with E-state index in [-0.39, 0.29) is 6.42 Å². The van der Waals surface area contributed by atoms with E-state index in [0.29, 0.717) is 12.8 Å². The molecule has 0 bridgehead atoms. The average Bonchev–Trinajstić information content (AvgIpc) is 2.51. The molecule has 0 rings (SSSR count). The summed E-state index contributed by atoms with van der Waals surface area (Å²) in [6, 6.07) is 0. The molecule has 0 spiro atoms. The van der Waals surface area contributed by atoms with Crippen LogP contribution in [0.2, 0.25) is 0 Å². The highest BCUT2D eigenvalue weighted by molar-refractivity contribution is 5.66. The number of aliphatic carboxylic acids is 1. The summed E-state index contributed by atoms with van der Waals surface area (Å²) >= 11 is 0. The Hall–Kier alpha value is -1.61. The molecular formula is C20H32O3. The molecule has 0 saturated carbocycles. The zero-order chi connectivity index (χ0) is 17.2. The van der Waals surface area contributed by atoms with Crippen molar-refractivity contribution in [1.29, 1.82) is 0 Å². The Morgan fingerprint density at radius 3 is 2.35 bits per heavy atom. The van der Waals surface area contributed by atoms with Crippen LogP contribution in [0.1, 0.15) is 64.7 Å². The van der Waals surface area contributed by atoms with Crippen molar-refractivity contribution < 1.29 is 15.0 Å². The minimum absolute atomic E-state index is 0.110. The minimum atomic E-state index is -0.816. The fourth-order valence-electron chi connectivity index (χ4n) is 1.98. The van der Waals surface area contributed by atoms with Crippen molar-refractivity contribution in [1.82, 2.24) is 0 Å². The Labute approximate surface area is 141 Å². The second kappa shape index (κ2) is 16.8. The van der Waals surface area contributed by atoms with Crippen molar-refractivity contribution in [2.75, 3.05) is 0 Å². The third kappa shape index (κ3) is 18.3. The molecule has 0 radical (unpaired) electrons. The number of unbranched alkanes of at least 4 members (excludes halogenated alkanes) is 3. The fourth-order valence-corrected chi connectivity index (χ4v) is 1.98. The quantitative estimate of drug-likeness (QED) is 0.263. The maximum Gasteiger partial charge on any atom is 0.303 e. The van der Waals surface area contributed by atoms with E-state index in [2.05, 4.69) is 31.2 Å². The third-order valence-corrected chi connectivity index (χ3v) is 3.32. The number of aliphatic hydroxyl groups excluding tert-OH is 1. The second-order valence-corrected chi connectivity index (χ2v) is 5.58. The van der Waals surface area contributed by atoms with Gasteiger partial charge in [-0.1, -0.05) is 68.4 Å². The zero-order valence-electron chi connectivity index (χ0n) is 14.4. The van der Waals surface area contributed by atoms with Gasteiger partial charge in [0.1, 0.15) is 0 Å². The highest BCUT2D eigenvalue weighted by Gasteiger charge is 2.01. The van der Waals surface area contributed by atoms with Crippen LogP contribution in [0.5, 0.6) is 0 Å². The van der Waals surface area contributed by atoms with Crippen LogP contribution < -0.4 is 0 Å². The lowest BCUT2D eigenvalue weighted by molar-refractivity contribution is -0.137. The molecule has 0 aliphatic heterocycles. The molecule has 0 fully saturated rings. The van der Waals surface area contributed by atoms with Gasteiger partial charge in [0.05, 0.1) is 6.10 Å². The van der Waals surface area contributed by atoms with Crippen LogP contribution in [-0.2, 0) is 4.79 Å². The largest absolute Gasteiger partial charge is 0.481 e. The first-order valence-corrected chi connectivity index (χ1v) is 8.70. The molecule has 0 aromatic rings. The summed E-state index contributed by atoms with van der Waals surface area (Å²) in [5.41, 5.74) is 0. The maximum atomic E-state index is 10.3. The molecular weight excluding hydrogens is 288 g/mol. The number of aliphatic hydroxyl groups is 1.